The van der Waals surface area contributed by atoms with Gasteiger partial charge in [-0.05, 0) is 74.4 Å². The van der Waals surface area contributed by atoms with Crippen LogP contribution in [-0.2, 0) is 16.1 Å². The van der Waals surface area contributed by atoms with Crippen molar-refractivity contribution in [1.29, 1.82) is 0 Å². The molecule has 228 valence electrons. The third kappa shape index (κ3) is 6.48. The molecule has 0 fully saturated rings. The van der Waals surface area contributed by atoms with Gasteiger partial charge in [-0.2, -0.15) is 0 Å². The van der Waals surface area contributed by atoms with E-state index in [1.807, 2.05) is 37.3 Å². The number of hydrogen-bond donors (Lipinski definition) is 0. The number of rotatable bonds is 10. The Balaban J connectivity index is 1.64. The molecule has 1 aliphatic heterocycles. The Labute approximate surface area is 265 Å². The molecule has 0 saturated heterocycles. The maximum absolute atomic E-state index is 14.1. The third-order valence-corrected chi connectivity index (χ3v) is 8.32. The number of fused-ring (bicyclic) bond motifs is 1. The van der Waals surface area contributed by atoms with Gasteiger partial charge < -0.3 is 18.9 Å². The molecule has 0 N–H and O–H groups in total. The van der Waals surface area contributed by atoms with Gasteiger partial charge in [-0.3, -0.25) is 9.36 Å². The highest BCUT2D eigenvalue weighted by Gasteiger charge is 2.33. The van der Waals surface area contributed by atoms with Crippen LogP contribution < -0.4 is 29.1 Å². The standard InChI is InChI=1S/C33H30BrFN2O6S/c1-5-41-25-13-9-21(10-14-25)29-28(32(39)42-6-2)19(3)36-33-37(29)31(38)27(44-33)16-22-15-23(34)17-26(40-4)30(22)43-18-20-7-11-24(35)12-8-20/h7-17,29H,5-6,18H2,1-4H3/b27-16-/t29-/m1/s1. The van der Waals surface area contributed by atoms with Gasteiger partial charge in [0.25, 0.3) is 5.56 Å². The van der Waals surface area contributed by atoms with Gasteiger partial charge in [0, 0.05) is 10.0 Å². The zero-order valence-electron chi connectivity index (χ0n) is 24.6. The van der Waals surface area contributed by atoms with E-state index in [1.165, 1.54) is 35.1 Å². The number of ether oxygens (including phenoxy) is 4. The molecule has 3 aromatic carbocycles. The number of nitrogens with zero attached hydrogens (tertiary/aromatic N) is 2. The van der Waals surface area contributed by atoms with Gasteiger partial charge in [-0.15, -0.1) is 0 Å². The number of hydrogen-bond acceptors (Lipinski definition) is 8. The van der Waals surface area contributed by atoms with E-state index in [-0.39, 0.29) is 24.6 Å². The number of benzene rings is 3. The monoisotopic (exact) mass is 680 g/mol. The molecule has 2 heterocycles. The Morgan fingerprint density at radius 1 is 1.07 bits per heavy atom. The molecule has 44 heavy (non-hydrogen) atoms. The second-order valence-electron chi connectivity index (χ2n) is 9.75. The van der Waals surface area contributed by atoms with Crippen molar-refractivity contribution in [2.45, 2.75) is 33.4 Å². The zero-order valence-corrected chi connectivity index (χ0v) is 27.0. The summed E-state index contributed by atoms with van der Waals surface area (Å²) in [7, 11) is 1.53. The lowest BCUT2D eigenvalue weighted by atomic mass is 9.96. The molecule has 0 radical (unpaired) electrons. The maximum atomic E-state index is 14.1. The van der Waals surface area contributed by atoms with E-state index in [1.54, 1.807) is 38.1 Å². The van der Waals surface area contributed by atoms with Gasteiger partial charge in [0.1, 0.15) is 18.2 Å². The van der Waals surface area contributed by atoms with Crippen LogP contribution in [0.2, 0.25) is 0 Å². The molecule has 11 heteroatoms. The lowest BCUT2D eigenvalue weighted by molar-refractivity contribution is -0.139. The van der Waals surface area contributed by atoms with Gasteiger partial charge >= 0.3 is 5.97 Å². The molecule has 1 atom stereocenters. The summed E-state index contributed by atoms with van der Waals surface area (Å²) >= 11 is 4.73. The maximum Gasteiger partial charge on any atom is 0.338 e. The largest absolute Gasteiger partial charge is 0.494 e. The minimum Gasteiger partial charge on any atom is -0.494 e. The van der Waals surface area contributed by atoms with Gasteiger partial charge in [0.05, 0.1) is 42.2 Å². The van der Waals surface area contributed by atoms with E-state index >= 15 is 0 Å². The van der Waals surface area contributed by atoms with Crippen molar-refractivity contribution in [2.24, 2.45) is 4.99 Å². The van der Waals surface area contributed by atoms with Crippen LogP contribution in [0.5, 0.6) is 17.2 Å². The molecule has 0 aliphatic carbocycles. The van der Waals surface area contributed by atoms with Crippen LogP contribution in [-0.4, -0.2) is 30.9 Å². The summed E-state index contributed by atoms with van der Waals surface area (Å²) in [5, 5.41) is 0. The summed E-state index contributed by atoms with van der Waals surface area (Å²) in [6.45, 7) is 6.22. The van der Waals surface area contributed by atoms with Crippen molar-refractivity contribution in [3.63, 3.8) is 0 Å². The minimum atomic E-state index is -0.755. The summed E-state index contributed by atoms with van der Waals surface area (Å²) in [6.07, 6.45) is 1.72. The molecular formula is C33H30BrFN2O6S. The molecule has 1 aromatic heterocycles. The topological polar surface area (TPSA) is 88.4 Å². The Kier molecular flexibility index (Phi) is 9.65. The zero-order chi connectivity index (χ0) is 31.4. The fourth-order valence-corrected chi connectivity index (χ4v) is 6.39. The van der Waals surface area contributed by atoms with Gasteiger partial charge in [0.2, 0.25) is 0 Å². The van der Waals surface area contributed by atoms with Crippen molar-refractivity contribution in [3.05, 3.63) is 119 Å². The van der Waals surface area contributed by atoms with E-state index in [0.717, 1.165) is 10.0 Å². The van der Waals surface area contributed by atoms with Crippen LogP contribution in [0.15, 0.2) is 86.2 Å². The second-order valence-corrected chi connectivity index (χ2v) is 11.7. The van der Waals surface area contributed by atoms with Gasteiger partial charge in [-0.1, -0.05) is 51.5 Å². The predicted octanol–water partition coefficient (Wildman–Crippen LogP) is 5.69. The number of allylic oxidation sites excluding steroid dienone is 1. The number of esters is 1. The molecule has 1 aliphatic rings. The Bertz CT molecular complexity index is 1900. The first-order valence-corrected chi connectivity index (χ1v) is 15.5. The van der Waals surface area contributed by atoms with E-state index in [0.29, 0.717) is 55.6 Å². The van der Waals surface area contributed by atoms with Crippen LogP contribution in [0.25, 0.3) is 6.08 Å². The quantitative estimate of drug-likeness (QED) is 0.200. The molecular weight excluding hydrogens is 651 g/mol. The smallest absolute Gasteiger partial charge is 0.338 e. The molecule has 0 bridgehead atoms. The second kappa shape index (κ2) is 13.6. The third-order valence-electron chi connectivity index (χ3n) is 6.88. The van der Waals surface area contributed by atoms with Crippen LogP contribution in [0.4, 0.5) is 4.39 Å². The lowest BCUT2D eigenvalue weighted by Crippen LogP contribution is -2.39. The first-order chi connectivity index (χ1) is 21.2. The number of carbonyl (C=O) groups is 1. The van der Waals surface area contributed by atoms with E-state index in [2.05, 4.69) is 20.9 Å². The summed E-state index contributed by atoms with van der Waals surface area (Å²) in [4.78, 5) is 32.4. The van der Waals surface area contributed by atoms with E-state index in [9.17, 15) is 14.0 Å². The molecule has 0 spiro atoms. The van der Waals surface area contributed by atoms with Crippen molar-refractivity contribution >= 4 is 39.3 Å². The number of aromatic nitrogens is 1. The first kappa shape index (κ1) is 31.2. The molecule has 0 unspecified atom stereocenters. The molecule has 0 saturated carbocycles. The van der Waals surface area contributed by atoms with Crippen LogP contribution in [0, 0.1) is 5.82 Å². The molecule has 8 nitrogen and oxygen atoms in total. The minimum absolute atomic E-state index is 0.153. The highest BCUT2D eigenvalue weighted by atomic mass is 79.9. The van der Waals surface area contributed by atoms with Gasteiger partial charge in [-0.25, -0.2) is 14.2 Å². The average Bonchev–Trinajstić information content (AvgIpc) is 3.31. The van der Waals surface area contributed by atoms with Gasteiger partial charge in [0.15, 0.2) is 16.3 Å². The first-order valence-electron chi connectivity index (χ1n) is 13.9. The summed E-state index contributed by atoms with van der Waals surface area (Å²) < 4.78 is 38.8. The normalized spacial score (nSPS) is 14.6. The summed E-state index contributed by atoms with van der Waals surface area (Å²) in [5.74, 6) is 0.676. The summed E-state index contributed by atoms with van der Waals surface area (Å²) in [6, 6.07) is 16.1. The van der Waals surface area contributed by atoms with Crippen molar-refractivity contribution < 1.29 is 28.1 Å². The fourth-order valence-electron chi connectivity index (χ4n) is 4.90. The highest BCUT2D eigenvalue weighted by Crippen LogP contribution is 2.36. The lowest BCUT2D eigenvalue weighted by Gasteiger charge is -2.24. The van der Waals surface area contributed by atoms with Crippen LogP contribution >= 0.6 is 27.3 Å². The van der Waals surface area contributed by atoms with Crippen LogP contribution in [0.1, 0.15) is 43.5 Å². The van der Waals surface area contributed by atoms with E-state index in [4.69, 9.17) is 18.9 Å². The number of methoxy groups -OCH3 is 1. The summed E-state index contributed by atoms with van der Waals surface area (Å²) in [5.41, 5.74) is 2.50. The van der Waals surface area contributed by atoms with E-state index < -0.39 is 12.0 Å². The number of carbonyl (C=O) groups excluding carboxylic acids is 1. The number of halogens is 2. The Hall–Kier alpha value is -4.22. The van der Waals surface area contributed by atoms with Crippen LogP contribution in [0.3, 0.4) is 0 Å². The molecule has 4 aromatic rings. The van der Waals surface area contributed by atoms with Crippen molar-refractivity contribution in [2.75, 3.05) is 20.3 Å². The molecule has 0 amide bonds. The SMILES string of the molecule is CCOC(=O)C1=C(C)N=c2s/c(=C\c3cc(Br)cc(OC)c3OCc3ccc(F)cc3)c(=O)n2[C@@H]1c1ccc(OCC)cc1. The Morgan fingerprint density at radius 2 is 1.80 bits per heavy atom. The predicted molar refractivity (Wildman–Crippen MR) is 169 cm³/mol. The highest BCUT2D eigenvalue weighted by molar-refractivity contribution is 9.10. The van der Waals surface area contributed by atoms with Crippen molar-refractivity contribution in [3.8, 4) is 17.2 Å². The average molecular weight is 682 g/mol. The Morgan fingerprint density at radius 3 is 2.45 bits per heavy atom. The molecule has 5 rings (SSSR count). The van der Waals surface area contributed by atoms with Crippen molar-refractivity contribution in [1.82, 2.24) is 4.57 Å². The number of thiazole rings is 1. The fraction of sp³-hybridized carbons (Fsp3) is 0.242.